The summed E-state index contributed by atoms with van der Waals surface area (Å²) in [6, 6.07) is 11.5. The molecule has 2 heterocycles. The van der Waals surface area contributed by atoms with Crippen LogP contribution in [0.2, 0.25) is 0 Å². The first-order valence-corrected chi connectivity index (χ1v) is 12.3. The van der Waals surface area contributed by atoms with E-state index >= 15 is 0 Å². The van der Waals surface area contributed by atoms with Crippen molar-refractivity contribution >= 4 is 11.8 Å². The second kappa shape index (κ2) is 7.91. The zero-order valence-electron chi connectivity index (χ0n) is 20.8. The van der Waals surface area contributed by atoms with Crippen molar-refractivity contribution in [3.8, 4) is 0 Å². The fourth-order valence-corrected chi connectivity index (χ4v) is 6.78. The Morgan fingerprint density at radius 3 is 2.21 bits per heavy atom. The van der Waals surface area contributed by atoms with E-state index in [1.807, 2.05) is 6.07 Å². The lowest BCUT2D eigenvalue weighted by molar-refractivity contribution is -0.136. The number of nitrogens with zero attached hydrogens (tertiary/aromatic N) is 2. The maximum absolute atomic E-state index is 13.4. The number of hydrogen-bond acceptors (Lipinski definition) is 4. The van der Waals surface area contributed by atoms with Gasteiger partial charge in [0.05, 0.1) is 12.1 Å². The molecule has 0 radical (unpaired) electrons. The number of nitrogens with one attached hydrogen (secondary N) is 1. The highest BCUT2D eigenvalue weighted by Crippen LogP contribution is 2.69. The zero-order chi connectivity index (χ0) is 24.3. The lowest BCUT2D eigenvalue weighted by Gasteiger charge is -2.44. The van der Waals surface area contributed by atoms with Crippen molar-refractivity contribution < 1.29 is 14.3 Å². The first-order valence-electron chi connectivity index (χ1n) is 12.3. The average Bonchev–Trinajstić information content (AvgIpc) is 3.12. The standard InChI is InChI=1S/C28H35N3O3/c1-26(2)22(27(26,3)4)25(33)31-16-12-28(13-17-31)20-9-7-6-8-19(20)21(23(28)34-5)30-24(32)18-10-14-29-15-11-18/h6-11,14-15,21-23H,12-13,16-17H2,1-5H3,(H,30,32)/t21-,23+/m0/s1. The highest BCUT2D eigenvalue weighted by molar-refractivity contribution is 5.94. The fraction of sp³-hybridized carbons (Fsp3) is 0.536. The lowest BCUT2D eigenvalue weighted by Crippen LogP contribution is -2.52. The first-order chi connectivity index (χ1) is 16.1. The van der Waals surface area contributed by atoms with E-state index in [0.717, 1.165) is 18.4 Å². The molecule has 1 aromatic carbocycles. The second-order valence-electron chi connectivity index (χ2n) is 11.3. The predicted molar refractivity (Wildman–Crippen MR) is 130 cm³/mol. The molecule has 0 unspecified atom stereocenters. The highest BCUT2D eigenvalue weighted by atomic mass is 16.5. The Balaban J connectivity index is 1.39. The van der Waals surface area contributed by atoms with Gasteiger partial charge in [0.1, 0.15) is 0 Å². The molecule has 1 spiro atoms. The number of pyridine rings is 1. The number of likely N-dealkylation sites (tertiary alicyclic amines) is 1. The molecule has 2 aromatic rings. The molecule has 1 saturated heterocycles. The molecule has 2 amide bonds. The van der Waals surface area contributed by atoms with Crippen LogP contribution in [0.1, 0.15) is 68.1 Å². The van der Waals surface area contributed by atoms with Crippen LogP contribution in [0, 0.1) is 16.7 Å². The van der Waals surface area contributed by atoms with E-state index in [0.29, 0.717) is 18.7 Å². The Morgan fingerprint density at radius 1 is 1.00 bits per heavy atom. The largest absolute Gasteiger partial charge is 0.378 e. The number of aromatic nitrogens is 1. The molecule has 1 aromatic heterocycles. The Morgan fingerprint density at radius 2 is 1.62 bits per heavy atom. The summed E-state index contributed by atoms with van der Waals surface area (Å²) < 4.78 is 6.13. The minimum absolute atomic E-state index is 0.0383. The van der Waals surface area contributed by atoms with Crippen molar-refractivity contribution in [1.29, 1.82) is 0 Å². The van der Waals surface area contributed by atoms with Gasteiger partial charge in [0.2, 0.25) is 5.91 Å². The molecule has 5 rings (SSSR count). The maximum atomic E-state index is 13.4. The zero-order valence-corrected chi connectivity index (χ0v) is 20.8. The molecule has 1 saturated carbocycles. The van der Waals surface area contributed by atoms with Crippen molar-refractivity contribution in [2.45, 2.75) is 58.1 Å². The molecule has 6 nitrogen and oxygen atoms in total. The van der Waals surface area contributed by atoms with Gasteiger partial charge >= 0.3 is 0 Å². The van der Waals surface area contributed by atoms with E-state index in [4.69, 9.17) is 4.74 Å². The molecule has 3 aliphatic rings. The van der Waals surface area contributed by atoms with Crippen LogP contribution >= 0.6 is 0 Å². The van der Waals surface area contributed by atoms with E-state index in [1.54, 1.807) is 31.6 Å². The average molecular weight is 462 g/mol. The molecule has 2 fully saturated rings. The molecule has 0 bridgehead atoms. The van der Waals surface area contributed by atoms with Crippen molar-refractivity contribution in [3.05, 3.63) is 65.5 Å². The summed E-state index contributed by atoms with van der Waals surface area (Å²) in [4.78, 5) is 32.5. The van der Waals surface area contributed by atoms with Gasteiger partial charge in [-0.15, -0.1) is 0 Å². The van der Waals surface area contributed by atoms with Crippen LogP contribution in [0.4, 0.5) is 0 Å². The van der Waals surface area contributed by atoms with Gasteiger partial charge in [0.25, 0.3) is 5.91 Å². The summed E-state index contributed by atoms with van der Waals surface area (Å²) in [5.74, 6) is 0.232. The molecule has 34 heavy (non-hydrogen) atoms. The van der Waals surface area contributed by atoms with E-state index < -0.39 is 0 Å². The van der Waals surface area contributed by atoms with Gasteiger partial charge in [-0.25, -0.2) is 0 Å². The number of piperidine rings is 1. The molecule has 180 valence electrons. The summed E-state index contributed by atoms with van der Waals surface area (Å²) in [6.07, 6.45) is 4.71. The van der Waals surface area contributed by atoms with Gasteiger partial charge in [0.15, 0.2) is 0 Å². The normalized spacial score (nSPS) is 26.2. The van der Waals surface area contributed by atoms with Crippen molar-refractivity contribution in [2.75, 3.05) is 20.2 Å². The Kier molecular flexibility index (Phi) is 5.36. The van der Waals surface area contributed by atoms with Crippen LogP contribution in [-0.4, -0.2) is 48.0 Å². The van der Waals surface area contributed by atoms with E-state index in [9.17, 15) is 9.59 Å². The Hall–Kier alpha value is -2.73. The number of rotatable bonds is 4. The minimum Gasteiger partial charge on any atom is -0.378 e. The van der Waals surface area contributed by atoms with Crippen molar-refractivity contribution in [1.82, 2.24) is 15.2 Å². The Labute approximate surface area is 202 Å². The second-order valence-corrected chi connectivity index (χ2v) is 11.3. The topological polar surface area (TPSA) is 71.5 Å². The van der Waals surface area contributed by atoms with Crippen molar-refractivity contribution in [3.63, 3.8) is 0 Å². The quantitative estimate of drug-likeness (QED) is 0.743. The molecular formula is C28H35N3O3. The van der Waals surface area contributed by atoms with Crippen LogP contribution in [0.5, 0.6) is 0 Å². The van der Waals surface area contributed by atoms with Gasteiger partial charge in [0, 0.05) is 49.5 Å². The number of ether oxygens (including phenoxy) is 1. The monoisotopic (exact) mass is 461 g/mol. The van der Waals surface area contributed by atoms with Crippen LogP contribution in [0.3, 0.4) is 0 Å². The number of methoxy groups -OCH3 is 1. The number of fused-ring (bicyclic) bond motifs is 2. The highest BCUT2D eigenvalue weighted by Gasteiger charge is 2.69. The van der Waals surface area contributed by atoms with Crippen LogP contribution in [-0.2, 0) is 14.9 Å². The first kappa shape index (κ1) is 23.0. The summed E-state index contributed by atoms with van der Waals surface area (Å²) in [6.45, 7) is 10.2. The molecule has 2 aliphatic carbocycles. The van der Waals surface area contributed by atoms with Gasteiger partial charge in [-0.1, -0.05) is 52.0 Å². The third-order valence-electron chi connectivity index (χ3n) is 9.40. The number of carbonyl (C=O) groups is 2. The summed E-state index contributed by atoms with van der Waals surface area (Å²) in [7, 11) is 1.73. The van der Waals surface area contributed by atoms with E-state index in [1.165, 1.54) is 5.56 Å². The third kappa shape index (κ3) is 3.22. The smallest absolute Gasteiger partial charge is 0.251 e. The lowest BCUT2D eigenvalue weighted by atomic mass is 9.71. The van der Waals surface area contributed by atoms with Gasteiger partial charge in [-0.3, -0.25) is 14.6 Å². The van der Waals surface area contributed by atoms with E-state index in [-0.39, 0.29) is 46.1 Å². The Bertz CT molecular complexity index is 1090. The number of amides is 2. The molecule has 2 atom stereocenters. The number of carbonyl (C=O) groups excluding carboxylic acids is 2. The molecule has 1 aliphatic heterocycles. The van der Waals surface area contributed by atoms with Crippen LogP contribution < -0.4 is 5.32 Å². The third-order valence-corrected chi connectivity index (χ3v) is 9.40. The van der Waals surface area contributed by atoms with Gasteiger partial charge in [-0.2, -0.15) is 0 Å². The summed E-state index contributed by atoms with van der Waals surface area (Å²) in [5, 5.41) is 3.24. The van der Waals surface area contributed by atoms with Crippen LogP contribution in [0.15, 0.2) is 48.8 Å². The minimum atomic E-state index is -0.245. The molecule has 1 N–H and O–H groups in total. The maximum Gasteiger partial charge on any atom is 0.251 e. The molecular weight excluding hydrogens is 426 g/mol. The van der Waals surface area contributed by atoms with Gasteiger partial charge < -0.3 is 15.0 Å². The molecule has 6 heteroatoms. The van der Waals surface area contributed by atoms with Crippen LogP contribution in [0.25, 0.3) is 0 Å². The van der Waals surface area contributed by atoms with E-state index in [2.05, 4.69) is 61.1 Å². The van der Waals surface area contributed by atoms with Gasteiger partial charge in [-0.05, 0) is 46.9 Å². The fourth-order valence-electron chi connectivity index (χ4n) is 6.78. The number of hydrogen-bond donors (Lipinski definition) is 1. The van der Waals surface area contributed by atoms with Crippen molar-refractivity contribution in [2.24, 2.45) is 16.7 Å². The summed E-state index contributed by atoms with van der Waals surface area (Å²) >= 11 is 0. The summed E-state index contributed by atoms with van der Waals surface area (Å²) in [5.41, 5.74) is 2.78. The predicted octanol–water partition coefficient (Wildman–Crippen LogP) is 4.12. The SMILES string of the molecule is CO[C@@H]1[C@@H](NC(=O)c2ccncc2)c2ccccc2C12CCN(C(=O)C1C(C)(C)C1(C)C)CC2. The number of benzene rings is 1.